The highest BCUT2D eigenvalue weighted by molar-refractivity contribution is 7.26. The third kappa shape index (κ3) is 5.30. The Bertz CT molecular complexity index is 3530. The lowest BCUT2D eigenvalue weighted by atomic mass is 9.94. The average Bonchev–Trinajstić information content (AvgIpc) is 3.85. The molecule has 0 saturated carbocycles. The molecule has 0 atom stereocenters. The molecule has 2 heterocycles. The fourth-order valence-electron chi connectivity index (χ4n) is 8.97. The van der Waals surface area contributed by atoms with Crippen molar-refractivity contribution in [3.05, 3.63) is 206 Å². The Hall–Kier alpha value is -6.98. The quantitative estimate of drug-likeness (QED) is 0.155. The molecule has 0 aliphatic rings. The maximum absolute atomic E-state index is 2.47. The summed E-state index contributed by atoms with van der Waals surface area (Å²) >= 11 is 3.72. The van der Waals surface area contributed by atoms with Crippen molar-refractivity contribution in [2.24, 2.45) is 0 Å². The van der Waals surface area contributed by atoms with Crippen LogP contribution in [0.4, 0.5) is 34.1 Å². The minimum atomic E-state index is 1.10. The van der Waals surface area contributed by atoms with Gasteiger partial charge in [-0.05, 0) is 99.7 Å². The van der Waals surface area contributed by atoms with Gasteiger partial charge in [0.15, 0.2) is 0 Å². The lowest BCUT2D eigenvalue weighted by Gasteiger charge is -2.31. The van der Waals surface area contributed by atoms with Crippen molar-refractivity contribution in [2.75, 3.05) is 9.80 Å². The molecule has 12 rings (SSSR count). The highest BCUT2D eigenvalue weighted by atomic mass is 32.1. The zero-order valence-corrected chi connectivity index (χ0v) is 33.0. The summed E-state index contributed by atoms with van der Waals surface area (Å²) in [6, 6.07) is 75.9. The first kappa shape index (κ1) is 33.2. The van der Waals surface area contributed by atoms with Crippen LogP contribution in [0.3, 0.4) is 0 Å². The molecule has 4 heteroatoms. The Morgan fingerprint density at radius 2 is 0.741 bits per heavy atom. The fourth-order valence-corrected chi connectivity index (χ4v) is 11.2. The molecular formula is C54H34N2S2. The Labute approximate surface area is 343 Å². The van der Waals surface area contributed by atoms with Crippen LogP contribution in [0.1, 0.15) is 0 Å². The van der Waals surface area contributed by atoms with Crippen LogP contribution in [0.5, 0.6) is 0 Å². The van der Waals surface area contributed by atoms with E-state index in [1.54, 1.807) is 0 Å². The normalized spacial score (nSPS) is 11.8. The molecule has 12 aromatic rings. The third-order valence-corrected chi connectivity index (χ3v) is 13.8. The lowest BCUT2D eigenvalue weighted by Crippen LogP contribution is -2.14. The number of rotatable bonds is 6. The summed E-state index contributed by atoms with van der Waals surface area (Å²) in [6.07, 6.45) is 0. The number of hydrogen-bond acceptors (Lipinski definition) is 4. The van der Waals surface area contributed by atoms with E-state index in [1.165, 1.54) is 72.7 Å². The Kier molecular flexibility index (Phi) is 7.62. The second-order valence-corrected chi connectivity index (χ2v) is 17.1. The van der Waals surface area contributed by atoms with Gasteiger partial charge in [-0.25, -0.2) is 0 Å². The van der Waals surface area contributed by atoms with Gasteiger partial charge >= 0.3 is 0 Å². The van der Waals surface area contributed by atoms with Crippen molar-refractivity contribution >= 4 is 129 Å². The van der Waals surface area contributed by atoms with Crippen LogP contribution in [-0.4, -0.2) is 0 Å². The molecule has 2 nitrogen and oxygen atoms in total. The SMILES string of the molecule is c1ccc(N(c2cc(N(c3ccccc3)c3ccc4c(c3)sc3ccccc34)c3c(ccc4c5ccccc5ccc43)c2)c2ccc3c(c2)sc2ccccc23)cc1. The number of thiophene rings is 2. The van der Waals surface area contributed by atoms with Crippen LogP contribution in [-0.2, 0) is 0 Å². The van der Waals surface area contributed by atoms with E-state index in [-0.39, 0.29) is 0 Å². The standard InChI is InChI=1S/C54H34N2S2/c1-3-14-37(15-4-1)55(39-25-29-46-44-19-9-11-21-50(44)57-52(46)33-39)41-31-36-24-27-43-42-18-8-7-13-35(42)23-28-48(43)54(36)49(32-41)56(38-16-5-2-6-17-38)40-26-30-47-45-20-10-12-22-51(45)58-53(47)34-40/h1-34H. The zero-order valence-electron chi connectivity index (χ0n) is 31.3. The summed E-state index contributed by atoms with van der Waals surface area (Å²) in [5.41, 5.74) is 6.69. The van der Waals surface area contributed by atoms with Gasteiger partial charge in [-0.2, -0.15) is 0 Å². The summed E-state index contributed by atoms with van der Waals surface area (Å²) in [6.45, 7) is 0. The predicted molar refractivity (Wildman–Crippen MR) is 254 cm³/mol. The van der Waals surface area contributed by atoms with Gasteiger partial charge < -0.3 is 9.80 Å². The van der Waals surface area contributed by atoms with Crippen LogP contribution in [0.2, 0.25) is 0 Å². The van der Waals surface area contributed by atoms with E-state index in [4.69, 9.17) is 0 Å². The van der Waals surface area contributed by atoms with Gasteiger partial charge in [0.2, 0.25) is 0 Å². The summed E-state index contributed by atoms with van der Waals surface area (Å²) < 4.78 is 5.17. The summed E-state index contributed by atoms with van der Waals surface area (Å²) in [4.78, 5) is 4.90. The molecule has 0 unspecified atom stereocenters. The molecule has 0 amide bonds. The molecule has 58 heavy (non-hydrogen) atoms. The van der Waals surface area contributed by atoms with Crippen molar-refractivity contribution in [3.63, 3.8) is 0 Å². The molecule has 0 N–H and O–H groups in total. The Morgan fingerprint density at radius 1 is 0.259 bits per heavy atom. The van der Waals surface area contributed by atoms with Crippen molar-refractivity contribution < 1.29 is 0 Å². The number of para-hydroxylation sites is 2. The van der Waals surface area contributed by atoms with E-state index in [0.29, 0.717) is 0 Å². The minimum absolute atomic E-state index is 1.10. The summed E-state index contributed by atoms with van der Waals surface area (Å²) in [5.74, 6) is 0. The van der Waals surface area contributed by atoms with Gasteiger partial charge in [-0.1, -0.05) is 133 Å². The van der Waals surface area contributed by atoms with Crippen molar-refractivity contribution in [2.45, 2.75) is 0 Å². The first-order valence-electron chi connectivity index (χ1n) is 19.7. The van der Waals surface area contributed by atoms with Crippen LogP contribution in [0, 0.1) is 0 Å². The van der Waals surface area contributed by atoms with Gasteiger partial charge in [0.1, 0.15) is 0 Å². The van der Waals surface area contributed by atoms with Gasteiger partial charge in [0.25, 0.3) is 0 Å². The number of nitrogens with zero attached hydrogens (tertiary/aromatic N) is 2. The van der Waals surface area contributed by atoms with Gasteiger partial charge in [-0.15, -0.1) is 22.7 Å². The lowest BCUT2D eigenvalue weighted by molar-refractivity contribution is 1.27. The predicted octanol–water partition coefficient (Wildman–Crippen LogP) is 16.8. The van der Waals surface area contributed by atoms with E-state index < -0.39 is 0 Å². The molecule has 2 aromatic heterocycles. The van der Waals surface area contributed by atoms with Crippen molar-refractivity contribution in [1.82, 2.24) is 0 Å². The van der Waals surface area contributed by atoms with E-state index >= 15 is 0 Å². The van der Waals surface area contributed by atoms with Crippen molar-refractivity contribution in [3.8, 4) is 0 Å². The second kappa shape index (κ2) is 13.3. The fraction of sp³-hybridized carbons (Fsp3) is 0. The molecular weight excluding hydrogens is 741 g/mol. The van der Waals surface area contributed by atoms with Crippen LogP contribution in [0.15, 0.2) is 206 Å². The molecule has 0 spiro atoms. The Morgan fingerprint density at radius 3 is 1.40 bits per heavy atom. The molecule has 0 saturated heterocycles. The van der Waals surface area contributed by atoms with Gasteiger partial charge in [0, 0.05) is 74.2 Å². The molecule has 272 valence electrons. The molecule has 0 fully saturated rings. The summed E-state index contributed by atoms with van der Waals surface area (Å²) in [5, 5.41) is 12.6. The largest absolute Gasteiger partial charge is 0.310 e. The Balaban J connectivity index is 1.17. The van der Waals surface area contributed by atoms with E-state index in [2.05, 4.69) is 216 Å². The number of hydrogen-bond donors (Lipinski definition) is 0. The van der Waals surface area contributed by atoms with Crippen molar-refractivity contribution in [1.29, 1.82) is 0 Å². The summed E-state index contributed by atoms with van der Waals surface area (Å²) in [7, 11) is 0. The molecule has 10 aromatic carbocycles. The highest BCUT2D eigenvalue weighted by Crippen LogP contribution is 2.49. The van der Waals surface area contributed by atoms with E-state index in [9.17, 15) is 0 Å². The third-order valence-electron chi connectivity index (χ3n) is 11.6. The van der Waals surface area contributed by atoms with E-state index in [0.717, 1.165) is 34.1 Å². The number of fused-ring (bicyclic) bond motifs is 11. The molecule has 0 radical (unpaired) electrons. The number of benzene rings is 10. The average molecular weight is 775 g/mol. The zero-order chi connectivity index (χ0) is 38.2. The smallest absolute Gasteiger partial charge is 0.0567 e. The van der Waals surface area contributed by atoms with Crippen LogP contribution < -0.4 is 9.80 Å². The number of anilines is 6. The first-order chi connectivity index (χ1) is 28.7. The molecule has 0 bridgehead atoms. The maximum atomic E-state index is 2.47. The maximum Gasteiger partial charge on any atom is 0.0567 e. The van der Waals surface area contributed by atoms with Gasteiger partial charge in [-0.3, -0.25) is 0 Å². The van der Waals surface area contributed by atoms with Gasteiger partial charge in [0.05, 0.1) is 5.69 Å². The van der Waals surface area contributed by atoms with E-state index in [1.807, 2.05) is 22.7 Å². The monoisotopic (exact) mass is 774 g/mol. The van der Waals surface area contributed by atoms with Crippen LogP contribution in [0.25, 0.3) is 72.7 Å². The second-order valence-electron chi connectivity index (χ2n) is 14.9. The topological polar surface area (TPSA) is 6.48 Å². The molecule has 0 aliphatic carbocycles. The molecule has 0 aliphatic heterocycles. The highest BCUT2D eigenvalue weighted by Gasteiger charge is 2.23. The van der Waals surface area contributed by atoms with Crippen LogP contribution >= 0.6 is 22.7 Å². The minimum Gasteiger partial charge on any atom is -0.310 e. The first-order valence-corrected chi connectivity index (χ1v) is 21.3.